The molecule has 1 aliphatic carbocycles. The van der Waals surface area contributed by atoms with Crippen molar-refractivity contribution in [2.75, 3.05) is 13.2 Å². The predicted molar refractivity (Wildman–Crippen MR) is 192 cm³/mol. The second-order valence-electron chi connectivity index (χ2n) is 13.0. The number of aliphatic hydroxyl groups is 1. The lowest BCUT2D eigenvalue weighted by Crippen LogP contribution is -2.53. The molecule has 0 unspecified atom stereocenters. The van der Waals surface area contributed by atoms with E-state index >= 15 is 0 Å². The van der Waals surface area contributed by atoms with Gasteiger partial charge in [-0.1, -0.05) is 97.8 Å². The van der Waals surface area contributed by atoms with Crippen LogP contribution in [-0.4, -0.2) is 47.7 Å². The van der Waals surface area contributed by atoms with Gasteiger partial charge in [-0.3, -0.25) is 14.4 Å². The molecule has 0 aromatic heterocycles. The zero-order valence-corrected chi connectivity index (χ0v) is 28.4. The van der Waals surface area contributed by atoms with E-state index in [0.717, 1.165) is 35.3 Å². The quantitative estimate of drug-likeness (QED) is 0.0968. The number of aliphatic hydroxyl groups excluding tert-OH is 1. The van der Waals surface area contributed by atoms with Crippen molar-refractivity contribution in [2.24, 2.45) is 11.8 Å². The third kappa shape index (κ3) is 12.1. The van der Waals surface area contributed by atoms with Gasteiger partial charge < -0.3 is 25.2 Å². The first kappa shape index (κ1) is 37.1. The van der Waals surface area contributed by atoms with E-state index in [2.05, 4.69) is 23.8 Å². The molecule has 260 valence electrons. The molecule has 49 heavy (non-hydrogen) atoms. The monoisotopic (exact) mass is 666 g/mol. The Morgan fingerprint density at radius 1 is 0.796 bits per heavy atom. The number of benzene rings is 3. The Morgan fingerprint density at radius 2 is 1.39 bits per heavy atom. The highest BCUT2D eigenvalue weighted by Crippen LogP contribution is 2.31. The fourth-order valence-electron chi connectivity index (χ4n) is 6.31. The molecule has 0 spiro atoms. The maximum Gasteiger partial charge on any atom is 0.309 e. The van der Waals surface area contributed by atoms with Gasteiger partial charge in [0.25, 0.3) is 0 Å². The Labute approximate surface area is 290 Å². The molecule has 3 aromatic carbocycles. The number of carbonyl (C=O) groups is 3. The van der Waals surface area contributed by atoms with E-state index in [-0.39, 0.29) is 43.3 Å². The van der Waals surface area contributed by atoms with Gasteiger partial charge in [0.2, 0.25) is 11.8 Å². The highest BCUT2D eigenvalue weighted by molar-refractivity contribution is 5.86. The van der Waals surface area contributed by atoms with Crippen LogP contribution < -0.4 is 15.4 Å². The van der Waals surface area contributed by atoms with Crippen LogP contribution in [0.5, 0.6) is 5.75 Å². The van der Waals surface area contributed by atoms with Gasteiger partial charge in [-0.15, -0.1) is 13.2 Å². The van der Waals surface area contributed by atoms with Gasteiger partial charge in [-0.2, -0.15) is 0 Å². The summed E-state index contributed by atoms with van der Waals surface area (Å²) in [5.41, 5.74) is 2.38. The highest BCUT2D eigenvalue weighted by atomic mass is 16.5. The van der Waals surface area contributed by atoms with Gasteiger partial charge in [0, 0.05) is 6.42 Å². The molecule has 0 aliphatic heterocycles. The second-order valence-corrected chi connectivity index (χ2v) is 13.0. The molecule has 0 radical (unpaired) electrons. The molecule has 3 atom stereocenters. The summed E-state index contributed by atoms with van der Waals surface area (Å²) in [7, 11) is 0. The third-order valence-electron chi connectivity index (χ3n) is 9.04. The highest BCUT2D eigenvalue weighted by Gasteiger charge is 2.39. The Balaban J connectivity index is 1.29. The fraction of sp³-hybridized carbons (Fsp3) is 0.390. The molecule has 3 N–H and O–H groups in total. The van der Waals surface area contributed by atoms with Crippen LogP contribution in [0.2, 0.25) is 0 Å². The zero-order valence-electron chi connectivity index (χ0n) is 28.4. The number of esters is 1. The van der Waals surface area contributed by atoms with E-state index in [1.54, 1.807) is 12.2 Å². The Kier molecular flexibility index (Phi) is 14.7. The van der Waals surface area contributed by atoms with Crippen LogP contribution >= 0.6 is 0 Å². The van der Waals surface area contributed by atoms with Crippen molar-refractivity contribution in [3.8, 4) is 5.75 Å². The maximum atomic E-state index is 13.6. The van der Waals surface area contributed by atoms with Crippen LogP contribution in [0.4, 0.5) is 0 Å². The molecule has 8 heteroatoms. The number of ether oxygens (including phenoxy) is 2. The topological polar surface area (TPSA) is 114 Å². The second kappa shape index (κ2) is 19.3. The van der Waals surface area contributed by atoms with Crippen LogP contribution in [0.15, 0.2) is 110 Å². The Morgan fingerprint density at radius 3 is 2.00 bits per heavy atom. The smallest absolute Gasteiger partial charge is 0.309 e. The van der Waals surface area contributed by atoms with Gasteiger partial charge >= 0.3 is 5.97 Å². The number of amides is 2. The van der Waals surface area contributed by atoms with Crippen molar-refractivity contribution in [3.63, 3.8) is 0 Å². The van der Waals surface area contributed by atoms with Crippen LogP contribution in [0.25, 0.3) is 0 Å². The van der Waals surface area contributed by atoms with Crippen LogP contribution in [0, 0.1) is 11.8 Å². The molecule has 2 amide bonds. The minimum Gasteiger partial charge on any atom is -0.489 e. The third-order valence-corrected chi connectivity index (χ3v) is 9.04. The predicted octanol–water partition coefficient (Wildman–Crippen LogP) is 6.27. The van der Waals surface area contributed by atoms with Crippen LogP contribution in [0.1, 0.15) is 61.6 Å². The first-order chi connectivity index (χ1) is 23.8. The van der Waals surface area contributed by atoms with E-state index in [4.69, 9.17) is 9.47 Å². The molecular weight excluding hydrogens is 616 g/mol. The van der Waals surface area contributed by atoms with Gasteiger partial charge in [0.1, 0.15) is 19.0 Å². The van der Waals surface area contributed by atoms with Crippen molar-refractivity contribution >= 4 is 17.8 Å². The van der Waals surface area contributed by atoms with E-state index in [1.165, 1.54) is 0 Å². The summed E-state index contributed by atoms with van der Waals surface area (Å²) in [4.78, 5) is 40.0. The molecule has 8 nitrogen and oxygen atoms in total. The number of rotatable bonds is 20. The summed E-state index contributed by atoms with van der Waals surface area (Å²) in [6.45, 7) is 7.91. The van der Waals surface area contributed by atoms with Crippen LogP contribution in [0.3, 0.4) is 0 Å². The Bertz CT molecular complexity index is 1490. The van der Waals surface area contributed by atoms with E-state index in [0.29, 0.717) is 45.1 Å². The van der Waals surface area contributed by atoms with Crippen molar-refractivity contribution in [1.82, 2.24) is 10.6 Å². The minimum absolute atomic E-state index is 0.0605. The summed E-state index contributed by atoms with van der Waals surface area (Å²) in [6.07, 6.45) is 8.25. The first-order valence-corrected chi connectivity index (χ1v) is 17.2. The van der Waals surface area contributed by atoms with Gasteiger partial charge in [0.05, 0.1) is 30.0 Å². The molecule has 4 rings (SSSR count). The van der Waals surface area contributed by atoms with Gasteiger partial charge in [-0.25, -0.2) is 0 Å². The van der Waals surface area contributed by atoms with E-state index < -0.39 is 17.5 Å². The fourth-order valence-corrected chi connectivity index (χ4v) is 6.31. The molecule has 1 aliphatic rings. The average Bonchev–Trinajstić information content (AvgIpc) is 3.58. The molecule has 0 heterocycles. The summed E-state index contributed by atoms with van der Waals surface area (Å²) in [5, 5.41) is 16.1. The molecule has 0 saturated heterocycles. The van der Waals surface area contributed by atoms with Gasteiger partial charge in [0.15, 0.2) is 0 Å². The molecular formula is C41H50N2O6. The summed E-state index contributed by atoms with van der Waals surface area (Å²) >= 11 is 0. The molecule has 1 fully saturated rings. The summed E-state index contributed by atoms with van der Waals surface area (Å²) in [6, 6.07) is 26.8. The number of hydrogen-bond acceptors (Lipinski definition) is 6. The van der Waals surface area contributed by atoms with E-state index in [9.17, 15) is 19.5 Å². The largest absolute Gasteiger partial charge is 0.489 e. The lowest BCUT2D eigenvalue weighted by molar-refractivity contribution is -0.151. The summed E-state index contributed by atoms with van der Waals surface area (Å²) < 4.78 is 11.7. The van der Waals surface area contributed by atoms with E-state index in [1.807, 2.05) is 84.9 Å². The van der Waals surface area contributed by atoms with Crippen molar-refractivity contribution in [2.45, 2.75) is 76.0 Å². The zero-order chi connectivity index (χ0) is 34.9. The van der Waals surface area contributed by atoms with Crippen molar-refractivity contribution in [3.05, 3.63) is 127 Å². The molecule has 1 saturated carbocycles. The SMILES string of the molecule is C=CC[C@@H](CC(=O)N[C@H](CO)Cc1ccc(OCc2ccccc2)cc1)C(=O)NC1(COC(=O)[C@@H](CC=C)Cc2ccccc2)CCCC1. The molecule has 3 aromatic rings. The lowest BCUT2D eigenvalue weighted by atomic mass is 9.93. The maximum absolute atomic E-state index is 13.6. The Hall–Kier alpha value is -4.69. The average molecular weight is 667 g/mol. The van der Waals surface area contributed by atoms with Crippen LogP contribution in [-0.2, 0) is 38.6 Å². The first-order valence-electron chi connectivity index (χ1n) is 17.2. The van der Waals surface area contributed by atoms with Crippen molar-refractivity contribution < 1.29 is 29.0 Å². The van der Waals surface area contributed by atoms with Crippen molar-refractivity contribution in [1.29, 1.82) is 0 Å². The molecule has 0 bridgehead atoms. The normalized spacial score (nSPS) is 15.3. The number of allylic oxidation sites excluding steroid dienone is 2. The number of nitrogens with one attached hydrogen (secondary N) is 2. The lowest BCUT2D eigenvalue weighted by Gasteiger charge is -2.32. The van der Waals surface area contributed by atoms with Gasteiger partial charge in [-0.05, 0) is 67.3 Å². The standard InChI is InChI=1S/C41H50N2O6/c1-3-13-34(27-38(45)42-36(28-44)26-32-19-21-37(22-20-32)48-29-33-17-9-6-10-18-33)39(46)43-41(23-11-12-24-41)30-49-40(47)35(14-4-2)25-31-15-7-5-8-16-31/h3-10,15-22,34-36,44H,1-2,11-14,23-30H2,(H,42,45)(H,43,46)/t34-,35-,36-/m0/s1. The minimum atomic E-state index is -0.682. The number of carbonyl (C=O) groups excluding carboxylic acids is 3. The number of hydrogen-bond donors (Lipinski definition) is 3. The summed E-state index contributed by atoms with van der Waals surface area (Å²) in [5.74, 6) is -1.20.